The Morgan fingerprint density at radius 1 is 0.970 bits per heavy atom. The number of fused-ring (bicyclic) bond motifs is 1. The lowest BCUT2D eigenvalue weighted by molar-refractivity contribution is -0.00956. The van der Waals surface area contributed by atoms with E-state index in [-0.39, 0.29) is 18.2 Å². The number of halogens is 2. The number of rotatable bonds is 6. The zero-order valence-corrected chi connectivity index (χ0v) is 19.3. The van der Waals surface area contributed by atoms with E-state index in [0.29, 0.717) is 23.1 Å². The smallest absolute Gasteiger partial charge is 0.166 e. The van der Waals surface area contributed by atoms with Gasteiger partial charge in [-0.2, -0.15) is 0 Å². The molecule has 0 radical (unpaired) electrons. The summed E-state index contributed by atoms with van der Waals surface area (Å²) < 4.78 is 40.0. The molecule has 2 saturated carbocycles. The van der Waals surface area contributed by atoms with Crippen molar-refractivity contribution in [2.75, 3.05) is 13.2 Å². The molecule has 33 heavy (non-hydrogen) atoms. The second-order valence-corrected chi connectivity index (χ2v) is 9.15. The fourth-order valence-electron chi connectivity index (χ4n) is 5.41. The highest BCUT2D eigenvalue weighted by Crippen LogP contribution is 2.46. The van der Waals surface area contributed by atoms with Crippen molar-refractivity contribution < 1.29 is 18.3 Å². The van der Waals surface area contributed by atoms with Gasteiger partial charge in [0.25, 0.3) is 0 Å². The molecule has 0 amide bonds. The molecular weight excluding hydrogens is 418 g/mol. The third kappa shape index (κ3) is 5.84. The minimum Gasteiger partial charge on any atom is -0.486 e. The van der Waals surface area contributed by atoms with Crippen molar-refractivity contribution in [3.63, 3.8) is 0 Å². The van der Waals surface area contributed by atoms with Crippen molar-refractivity contribution >= 4 is 0 Å². The zero-order chi connectivity index (χ0) is 23.2. The van der Waals surface area contributed by atoms with E-state index in [2.05, 4.69) is 25.3 Å². The van der Waals surface area contributed by atoms with Crippen LogP contribution in [-0.4, -0.2) is 19.3 Å². The van der Waals surface area contributed by atoms with Gasteiger partial charge in [0.15, 0.2) is 11.6 Å². The second-order valence-electron chi connectivity index (χ2n) is 9.15. The monoisotopic (exact) mass is 450 g/mol. The van der Waals surface area contributed by atoms with Gasteiger partial charge in [0, 0.05) is 12.2 Å². The van der Waals surface area contributed by atoms with Crippen LogP contribution in [0.2, 0.25) is 0 Å². The topological polar surface area (TPSA) is 18.5 Å². The van der Waals surface area contributed by atoms with Crippen molar-refractivity contribution in [1.29, 1.82) is 0 Å². The number of hydrogen-bond acceptors (Lipinski definition) is 2. The fourth-order valence-corrected chi connectivity index (χ4v) is 5.41. The first-order chi connectivity index (χ1) is 16.1. The lowest BCUT2D eigenvalue weighted by Gasteiger charge is -2.42. The van der Waals surface area contributed by atoms with Crippen LogP contribution in [0.1, 0.15) is 68.1 Å². The van der Waals surface area contributed by atoms with Gasteiger partial charge in [0.05, 0.1) is 11.7 Å². The lowest BCUT2D eigenvalue weighted by Crippen LogP contribution is -2.33. The van der Waals surface area contributed by atoms with Crippen LogP contribution >= 0.6 is 0 Å². The van der Waals surface area contributed by atoms with Gasteiger partial charge >= 0.3 is 0 Å². The van der Waals surface area contributed by atoms with Crippen LogP contribution in [0.5, 0.6) is 5.75 Å². The summed E-state index contributed by atoms with van der Waals surface area (Å²) in [5, 5.41) is 0. The predicted octanol–water partition coefficient (Wildman–Crippen LogP) is 7.02. The normalized spacial score (nSPS) is 24.3. The summed E-state index contributed by atoms with van der Waals surface area (Å²) in [5.41, 5.74) is 1.87. The van der Waals surface area contributed by atoms with Gasteiger partial charge < -0.3 is 9.47 Å². The van der Waals surface area contributed by atoms with Gasteiger partial charge in [0.2, 0.25) is 0 Å². The molecule has 0 bridgehead atoms. The van der Waals surface area contributed by atoms with Gasteiger partial charge in [-0.05, 0) is 99.1 Å². The van der Waals surface area contributed by atoms with E-state index in [0.717, 1.165) is 43.3 Å². The maximum Gasteiger partial charge on any atom is 0.166 e. The molecule has 2 aromatic rings. The fraction of sp³-hybridized carbons (Fsp3) is 0.448. The summed E-state index contributed by atoms with van der Waals surface area (Å²) in [7, 11) is 0. The molecule has 4 unspecified atom stereocenters. The highest BCUT2D eigenvalue weighted by Gasteiger charge is 2.36. The first-order valence-electron chi connectivity index (χ1n) is 12.0. The van der Waals surface area contributed by atoms with E-state index in [4.69, 9.17) is 9.47 Å². The molecule has 0 spiro atoms. The Morgan fingerprint density at radius 3 is 2.55 bits per heavy atom. The van der Waals surface area contributed by atoms with E-state index in [1.54, 1.807) is 24.3 Å². The van der Waals surface area contributed by atoms with Gasteiger partial charge in [-0.3, -0.25) is 0 Å². The summed E-state index contributed by atoms with van der Waals surface area (Å²) in [6.45, 7) is 6.64. The van der Waals surface area contributed by atoms with Crippen LogP contribution < -0.4 is 4.74 Å². The zero-order valence-electron chi connectivity index (χ0n) is 19.3. The van der Waals surface area contributed by atoms with E-state index < -0.39 is 5.82 Å². The van der Waals surface area contributed by atoms with Crippen LogP contribution in [0.4, 0.5) is 8.78 Å². The van der Waals surface area contributed by atoms with E-state index >= 15 is 0 Å². The Labute approximate surface area is 196 Å². The summed E-state index contributed by atoms with van der Waals surface area (Å²) in [6.07, 6.45) is 8.94. The average Bonchev–Trinajstić information content (AvgIpc) is 2.82. The van der Waals surface area contributed by atoms with Crippen LogP contribution in [0, 0.1) is 35.3 Å². The summed E-state index contributed by atoms with van der Waals surface area (Å²) in [6, 6.07) is 9.91. The molecule has 2 fully saturated rings. The second kappa shape index (κ2) is 11.0. The molecule has 4 rings (SSSR count). The molecule has 2 aliphatic rings. The minimum absolute atomic E-state index is 0.150. The molecular formula is C29H32F2O2. The van der Waals surface area contributed by atoms with Gasteiger partial charge in [0.1, 0.15) is 12.4 Å². The first-order valence-corrected chi connectivity index (χ1v) is 12.0. The highest BCUT2D eigenvalue weighted by atomic mass is 19.1. The van der Waals surface area contributed by atoms with Crippen molar-refractivity contribution in [2.24, 2.45) is 11.8 Å². The Morgan fingerprint density at radius 2 is 1.79 bits per heavy atom. The van der Waals surface area contributed by atoms with E-state index in [1.807, 2.05) is 6.07 Å². The molecule has 4 atom stereocenters. The van der Waals surface area contributed by atoms with Gasteiger partial charge in [-0.1, -0.05) is 30.6 Å². The van der Waals surface area contributed by atoms with Crippen molar-refractivity contribution in [2.45, 2.75) is 57.5 Å². The molecule has 4 heteroatoms. The summed E-state index contributed by atoms with van der Waals surface area (Å²) in [4.78, 5) is 0. The van der Waals surface area contributed by atoms with E-state index in [1.165, 1.54) is 31.4 Å². The molecule has 174 valence electrons. The molecule has 0 saturated heterocycles. The number of benzene rings is 2. The lowest BCUT2D eigenvalue weighted by atomic mass is 9.65. The maximum absolute atomic E-state index is 14.8. The van der Waals surface area contributed by atoms with Crippen LogP contribution in [0.25, 0.3) is 0 Å². The minimum atomic E-state index is -0.495. The molecule has 0 heterocycles. The largest absolute Gasteiger partial charge is 0.486 e. The number of hydrogen-bond donors (Lipinski definition) is 0. The van der Waals surface area contributed by atoms with Crippen molar-refractivity contribution in [3.8, 4) is 17.6 Å². The quantitative estimate of drug-likeness (QED) is 0.348. The van der Waals surface area contributed by atoms with Crippen molar-refractivity contribution in [3.05, 3.63) is 77.4 Å². The standard InChI is InChI=1S/C29H32F2O2/c1-3-15-33-29-14-6-20(16-28(29)31)5-7-21-8-9-25(19-27(21)30)22-10-11-24-18-26(32-4-2)13-12-23(24)17-22/h3,6,8-9,14,16,19,22-24,26H,1,4,10-13,15,17-18H2,2H3. The molecule has 2 aromatic carbocycles. The first kappa shape index (κ1) is 23.5. The predicted molar refractivity (Wildman–Crippen MR) is 127 cm³/mol. The Hall–Kier alpha value is -2.64. The molecule has 2 nitrogen and oxygen atoms in total. The van der Waals surface area contributed by atoms with E-state index in [9.17, 15) is 8.78 Å². The third-order valence-electron chi connectivity index (χ3n) is 7.06. The maximum atomic E-state index is 14.8. The average molecular weight is 451 g/mol. The summed E-state index contributed by atoms with van der Waals surface area (Å²) in [5.74, 6) is 6.92. The molecule has 0 N–H and O–H groups in total. The Balaban J connectivity index is 1.40. The Kier molecular flexibility index (Phi) is 7.83. The highest BCUT2D eigenvalue weighted by molar-refractivity contribution is 5.46. The van der Waals surface area contributed by atoms with Crippen molar-refractivity contribution in [1.82, 2.24) is 0 Å². The molecule has 2 aliphatic carbocycles. The van der Waals surface area contributed by atoms with Crippen LogP contribution in [0.3, 0.4) is 0 Å². The van der Waals surface area contributed by atoms with Crippen LogP contribution in [0.15, 0.2) is 49.1 Å². The molecule has 0 aliphatic heterocycles. The third-order valence-corrected chi connectivity index (χ3v) is 7.06. The van der Waals surface area contributed by atoms with Gasteiger partial charge in [-0.15, -0.1) is 0 Å². The Bertz CT molecular complexity index is 1040. The SMILES string of the molecule is C=CCOc1ccc(C#Cc2ccc(C3CCC4CC(OCC)CCC4C3)cc2F)cc1F. The van der Waals surface area contributed by atoms with Gasteiger partial charge in [-0.25, -0.2) is 8.78 Å². The van der Waals surface area contributed by atoms with Crippen LogP contribution in [-0.2, 0) is 4.74 Å². The number of ether oxygens (including phenoxy) is 2. The molecule has 0 aromatic heterocycles. The summed E-state index contributed by atoms with van der Waals surface area (Å²) >= 11 is 0.